The molecule has 0 spiro atoms. The van der Waals surface area contributed by atoms with Crippen LogP contribution in [0.25, 0.3) is 0 Å². The van der Waals surface area contributed by atoms with E-state index < -0.39 is 9.85 Å². The molecule has 0 fully saturated rings. The minimum absolute atomic E-state index is 0.112. The van der Waals surface area contributed by atoms with Crippen LogP contribution in [0.5, 0.6) is 0 Å². The second-order valence-electron chi connectivity index (χ2n) is 5.33. The number of nitro groups is 2. The van der Waals surface area contributed by atoms with Gasteiger partial charge in [0.1, 0.15) is 5.69 Å². The lowest BCUT2D eigenvalue weighted by Gasteiger charge is -2.02. The number of unbranched alkanes of at least 4 members (excludes halogenated alkanes) is 4. The summed E-state index contributed by atoms with van der Waals surface area (Å²) in [5.74, 6) is 0. The average molecular weight is 334 g/mol. The van der Waals surface area contributed by atoms with Crippen LogP contribution in [0.15, 0.2) is 35.5 Å². The van der Waals surface area contributed by atoms with Crippen LogP contribution in [0.4, 0.5) is 17.1 Å². The summed E-state index contributed by atoms with van der Waals surface area (Å²) < 4.78 is 0. The maximum atomic E-state index is 11.0. The molecule has 0 bridgehead atoms. The number of rotatable bonds is 10. The number of allylic oxidation sites excluding steroid dienone is 2. The van der Waals surface area contributed by atoms with Gasteiger partial charge in [0.15, 0.2) is 0 Å². The Hall–Kier alpha value is -2.77. The highest BCUT2D eigenvalue weighted by Crippen LogP contribution is 2.28. The summed E-state index contributed by atoms with van der Waals surface area (Å²) in [5.41, 5.74) is 2.65. The third kappa shape index (κ3) is 6.55. The van der Waals surface area contributed by atoms with Crippen molar-refractivity contribution in [1.82, 2.24) is 0 Å². The van der Waals surface area contributed by atoms with Gasteiger partial charge in [0.2, 0.25) is 0 Å². The number of nitrogens with zero attached hydrogens (tertiary/aromatic N) is 3. The Labute approximate surface area is 140 Å². The van der Waals surface area contributed by atoms with Crippen molar-refractivity contribution >= 4 is 22.8 Å². The normalized spacial score (nSPS) is 11.7. The SMILES string of the molecule is CCCCCCC=C/C(C)=N/Nc1ccc([N+](=O)[O-])cc1[N+](=O)[O-]. The molecule has 130 valence electrons. The van der Waals surface area contributed by atoms with Crippen LogP contribution in [0.3, 0.4) is 0 Å². The summed E-state index contributed by atoms with van der Waals surface area (Å²) in [5, 5.41) is 25.8. The maximum absolute atomic E-state index is 11.0. The topological polar surface area (TPSA) is 111 Å². The standard InChI is InChI=1S/C16H22N4O4/c1-3-4-5-6-7-8-9-13(2)17-18-15-11-10-14(19(21)22)12-16(15)20(23)24/h8-12,18H,3-7H2,1-2H3/b9-8?,17-13+. The molecule has 0 aliphatic heterocycles. The molecule has 0 heterocycles. The summed E-state index contributed by atoms with van der Waals surface area (Å²) in [6, 6.07) is 3.39. The molecular weight excluding hydrogens is 312 g/mol. The maximum Gasteiger partial charge on any atom is 0.301 e. The molecule has 1 rings (SSSR count). The lowest BCUT2D eigenvalue weighted by molar-refractivity contribution is -0.393. The van der Waals surface area contributed by atoms with Gasteiger partial charge in [-0.05, 0) is 31.9 Å². The fraction of sp³-hybridized carbons (Fsp3) is 0.438. The Bertz CT molecular complexity index is 641. The van der Waals surface area contributed by atoms with E-state index in [1.54, 1.807) is 6.92 Å². The van der Waals surface area contributed by atoms with Crippen LogP contribution in [0, 0.1) is 20.2 Å². The third-order valence-corrected chi connectivity index (χ3v) is 3.32. The molecule has 0 aromatic heterocycles. The quantitative estimate of drug-likeness (QED) is 0.285. The lowest BCUT2D eigenvalue weighted by atomic mass is 10.1. The zero-order valence-electron chi connectivity index (χ0n) is 13.9. The molecule has 1 aromatic carbocycles. The van der Waals surface area contributed by atoms with Crippen molar-refractivity contribution in [3.63, 3.8) is 0 Å². The highest BCUT2D eigenvalue weighted by molar-refractivity contribution is 5.93. The van der Waals surface area contributed by atoms with E-state index in [0.717, 1.165) is 18.9 Å². The first kappa shape index (κ1) is 19.3. The Morgan fingerprint density at radius 2 is 1.96 bits per heavy atom. The van der Waals surface area contributed by atoms with Gasteiger partial charge in [-0.15, -0.1) is 0 Å². The molecule has 24 heavy (non-hydrogen) atoms. The molecule has 1 aromatic rings. The lowest BCUT2D eigenvalue weighted by Crippen LogP contribution is -2.00. The minimum atomic E-state index is -0.677. The molecule has 0 amide bonds. The van der Waals surface area contributed by atoms with E-state index in [4.69, 9.17) is 0 Å². The molecule has 0 aliphatic rings. The molecule has 0 radical (unpaired) electrons. The van der Waals surface area contributed by atoms with Gasteiger partial charge in [-0.25, -0.2) is 0 Å². The van der Waals surface area contributed by atoms with Crippen LogP contribution in [-0.2, 0) is 0 Å². The molecule has 0 saturated carbocycles. The van der Waals surface area contributed by atoms with Crippen LogP contribution < -0.4 is 5.43 Å². The van der Waals surface area contributed by atoms with E-state index >= 15 is 0 Å². The van der Waals surface area contributed by atoms with Gasteiger partial charge in [0, 0.05) is 6.07 Å². The summed E-state index contributed by atoms with van der Waals surface area (Å²) in [7, 11) is 0. The molecule has 0 atom stereocenters. The fourth-order valence-corrected chi connectivity index (χ4v) is 2.01. The molecule has 8 nitrogen and oxygen atoms in total. The third-order valence-electron chi connectivity index (χ3n) is 3.32. The Balaban J connectivity index is 2.69. The van der Waals surface area contributed by atoms with Crippen LogP contribution in [0.1, 0.15) is 46.0 Å². The van der Waals surface area contributed by atoms with Gasteiger partial charge in [0.25, 0.3) is 5.69 Å². The number of benzene rings is 1. The molecule has 0 aliphatic carbocycles. The number of hydrogen-bond donors (Lipinski definition) is 1. The zero-order valence-corrected chi connectivity index (χ0v) is 13.9. The van der Waals surface area contributed by atoms with Crippen molar-refractivity contribution in [3.05, 3.63) is 50.6 Å². The number of hydrazone groups is 1. The summed E-state index contributed by atoms with van der Waals surface area (Å²) in [6.07, 6.45) is 9.57. The van der Waals surface area contributed by atoms with Crippen LogP contribution >= 0.6 is 0 Å². The molecule has 0 saturated heterocycles. The Morgan fingerprint density at radius 1 is 1.21 bits per heavy atom. The summed E-state index contributed by atoms with van der Waals surface area (Å²) >= 11 is 0. The van der Waals surface area contributed by atoms with Crippen LogP contribution in [0.2, 0.25) is 0 Å². The molecule has 8 heteroatoms. The largest absolute Gasteiger partial charge is 0.301 e. The summed E-state index contributed by atoms with van der Waals surface area (Å²) in [4.78, 5) is 20.4. The van der Waals surface area contributed by atoms with E-state index in [1.165, 1.54) is 31.4 Å². The van der Waals surface area contributed by atoms with Crippen molar-refractivity contribution in [2.45, 2.75) is 46.0 Å². The van der Waals surface area contributed by atoms with Crippen LogP contribution in [-0.4, -0.2) is 15.6 Å². The van der Waals surface area contributed by atoms with E-state index in [0.29, 0.717) is 5.71 Å². The molecule has 0 unspecified atom stereocenters. The van der Waals surface area contributed by atoms with E-state index in [1.807, 2.05) is 12.2 Å². The summed E-state index contributed by atoms with van der Waals surface area (Å²) in [6.45, 7) is 3.93. The second-order valence-corrected chi connectivity index (χ2v) is 5.33. The number of nitrogens with one attached hydrogen (secondary N) is 1. The molecule has 1 N–H and O–H groups in total. The van der Waals surface area contributed by atoms with Gasteiger partial charge >= 0.3 is 5.69 Å². The number of anilines is 1. The van der Waals surface area contributed by atoms with Crippen molar-refractivity contribution < 1.29 is 9.85 Å². The van der Waals surface area contributed by atoms with Gasteiger partial charge in [-0.1, -0.05) is 32.3 Å². The fourth-order valence-electron chi connectivity index (χ4n) is 2.01. The van der Waals surface area contributed by atoms with Crippen molar-refractivity contribution in [2.24, 2.45) is 5.10 Å². The average Bonchev–Trinajstić information content (AvgIpc) is 2.55. The van der Waals surface area contributed by atoms with Crippen molar-refractivity contribution in [2.75, 3.05) is 5.43 Å². The van der Waals surface area contributed by atoms with Gasteiger partial charge < -0.3 is 0 Å². The number of non-ortho nitro benzene ring substituents is 1. The van der Waals surface area contributed by atoms with Crippen molar-refractivity contribution in [1.29, 1.82) is 0 Å². The zero-order chi connectivity index (χ0) is 17.9. The first-order chi connectivity index (χ1) is 11.5. The van der Waals surface area contributed by atoms with E-state index in [2.05, 4.69) is 17.5 Å². The monoisotopic (exact) mass is 334 g/mol. The first-order valence-electron chi connectivity index (χ1n) is 7.85. The Kier molecular flexibility index (Phi) is 8.10. The highest BCUT2D eigenvalue weighted by atomic mass is 16.6. The first-order valence-corrected chi connectivity index (χ1v) is 7.85. The van der Waals surface area contributed by atoms with Crippen molar-refractivity contribution in [3.8, 4) is 0 Å². The van der Waals surface area contributed by atoms with Gasteiger partial charge in [-0.2, -0.15) is 5.10 Å². The highest BCUT2D eigenvalue weighted by Gasteiger charge is 2.19. The predicted octanol–water partition coefficient (Wildman–Crippen LogP) is 4.82. The Morgan fingerprint density at radius 3 is 2.58 bits per heavy atom. The van der Waals surface area contributed by atoms with Gasteiger partial charge in [-0.3, -0.25) is 25.7 Å². The van der Waals surface area contributed by atoms with Gasteiger partial charge in [0.05, 0.1) is 21.6 Å². The number of hydrogen-bond acceptors (Lipinski definition) is 6. The number of nitro benzene ring substituents is 2. The predicted molar refractivity (Wildman–Crippen MR) is 94.4 cm³/mol. The smallest absolute Gasteiger partial charge is 0.271 e. The molecular formula is C16H22N4O4. The second kappa shape index (κ2) is 10.1. The minimum Gasteiger partial charge on any atom is -0.271 e. The van der Waals surface area contributed by atoms with E-state index in [-0.39, 0.29) is 17.1 Å². The van der Waals surface area contributed by atoms with E-state index in [9.17, 15) is 20.2 Å².